The molecule has 1 heterocycles. The van der Waals surface area contributed by atoms with Gasteiger partial charge in [-0.1, -0.05) is 6.07 Å². The normalized spacial score (nSPS) is 24.9. The summed E-state index contributed by atoms with van der Waals surface area (Å²) in [6, 6.07) is 7.07. The minimum absolute atomic E-state index is 0.0595. The second-order valence-electron chi connectivity index (χ2n) is 5.09. The van der Waals surface area contributed by atoms with Crippen LogP contribution in [-0.4, -0.2) is 36.7 Å². The van der Waals surface area contributed by atoms with Crippen LogP contribution >= 0.6 is 31.9 Å². The van der Waals surface area contributed by atoms with E-state index in [-0.39, 0.29) is 12.1 Å². The molecule has 3 nitrogen and oxygen atoms in total. The molecule has 0 aromatic heterocycles. The fourth-order valence-corrected chi connectivity index (χ4v) is 3.28. The predicted octanol–water partition coefficient (Wildman–Crippen LogP) is 3.32. The Balaban J connectivity index is 2.36. The van der Waals surface area contributed by atoms with Crippen molar-refractivity contribution in [1.82, 2.24) is 4.90 Å². The smallest absolute Gasteiger partial charge is 0.0894 e. The van der Waals surface area contributed by atoms with Gasteiger partial charge in [-0.05, 0) is 63.4 Å². The lowest BCUT2D eigenvalue weighted by molar-refractivity contribution is -0.0789. The van der Waals surface area contributed by atoms with Crippen LogP contribution in [-0.2, 0) is 4.74 Å². The lowest BCUT2D eigenvalue weighted by atomic mass is 9.96. The van der Waals surface area contributed by atoms with E-state index in [1.54, 1.807) is 0 Å². The first-order valence-corrected chi connectivity index (χ1v) is 8.15. The van der Waals surface area contributed by atoms with Gasteiger partial charge in [0.05, 0.1) is 18.8 Å². The van der Waals surface area contributed by atoms with Crippen LogP contribution in [0.4, 0.5) is 0 Å². The molecule has 19 heavy (non-hydrogen) atoms. The Labute approximate surface area is 131 Å². The fraction of sp³-hybridized carbons (Fsp3) is 0.571. The van der Waals surface area contributed by atoms with E-state index in [1.165, 1.54) is 5.56 Å². The van der Waals surface area contributed by atoms with Crippen LogP contribution in [0.2, 0.25) is 0 Å². The number of halogens is 2. The van der Waals surface area contributed by atoms with E-state index in [4.69, 9.17) is 10.5 Å². The van der Waals surface area contributed by atoms with Crippen LogP contribution in [0.3, 0.4) is 0 Å². The lowest BCUT2D eigenvalue weighted by Gasteiger charge is -2.43. The van der Waals surface area contributed by atoms with Gasteiger partial charge in [0.2, 0.25) is 0 Å². The Morgan fingerprint density at radius 2 is 2.11 bits per heavy atom. The molecule has 1 fully saturated rings. The maximum absolute atomic E-state index is 5.89. The van der Waals surface area contributed by atoms with Gasteiger partial charge in [-0.25, -0.2) is 0 Å². The maximum Gasteiger partial charge on any atom is 0.0894 e. The number of hydrogen-bond donors (Lipinski definition) is 1. The maximum atomic E-state index is 5.89. The fourth-order valence-electron chi connectivity index (χ4n) is 2.63. The highest BCUT2D eigenvalue weighted by Crippen LogP contribution is 2.34. The van der Waals surface area contributed by atoms with Crippen molar-refractivity contribution in [3.63, 3.8) is 0 Å². The summed E-state index contributed by atoms with van der Waals surface area (Å²) in [4.78, 5) is 2.47. The molecule has 1 aromatic rings. The molecule has 106 valence electrons. The molecule has 2 atom stereocenters. The molecule has 2 N–H and O–H groups in total. The average Bonchev–Trinajstić information content (AvgIpc) is 2.41. The number of morpholine rings is 1. The Bertz CT molecular complexity index is 439. The predicted molar refractivity (Wildman–Crippen MR) is 85.2 cm³/mol. The van der Waals surface area contributed by atoms with E-state index in [0.717, 1.165) is 22.1 Å². The van der Waals surface area contributed by atoms with Crippen LogP contribution in [0.25, 0.3) is 0 Å². The molecule has 0 bridgehead atoms. The largest absolute Gasteiger partial charge is 0.374 e. The molecule has 1 aliphatic rings. The molecule has 1 aliphatic heterocycles. The van der Waals surface area contributed by atoms with Crippen molar-refractivity contribution in [2.45, 2.75) is 32.0 Å². The lowest BCUT2D eigenvalue weighted by Crippen LogP contribution is -2.50. The topological polar surface area (TPSA) is 38.5 Å². The van der Waals surface area contributed by atoms with Crippen molar-refractivity contribution >= 4 is 31.9 Å². The third-order valence-electron chi connectivity index (χ3n) is 3.57. The Morgan fingerprint density at radius 1 is 1.37 bits per heavy atom. The van der Waals surface area contributed by atoms with Gasteiger partial charge >= 0.3 is 0 Å². The highest BCUT2D eigenvalue weighted by atomic mass is 79.9. The summed E-state index contributed by atoms with van der Waals surface area (Å²) in [6.07, 6.45) is 0.0595. The first kappa shape index (κ1) is 15.4. The van der Waals surface area contributed by atoms with Crippen molar-refractivity contribution in [3.05, 3.63) is 32.7 Å². The summed E-state index contributed by atoms with van der Waals surface area (Å²) in [5, 5.41) is 0. The molecule has 0 radical (unpaired) electrons. The standard InChI is InChI=1S/C14H20Br2N2O/c1-9(2)18-5-6-19-13(8-17)14(18)10-3-4-11(15)12(16)7-10/h3-4,7,9,13-14H,5-6,8,17H2,1-2H3. The van der Waals surface area contributed by atoms with Crippen molar-refractivity contribution in [2.75, 3.05) is 19.7 Å². The van der Waals surface area contributed by atoms with Crippen LogP contribution in [0, 0.1) is 0 Å². The number of nitrogens with zero attached hydrogens (tertiary/aromatic N) is 1. The SMILES string of the molecule is CC(C)N1CCOC(CN)C1c1ccc(Br)c(Br)c1. The molecule has 0 spiro atoms. The van der Waals surface area contributed by atoms with Crippen LogP contribution in [0.5, 0.6) is 0 Å². The van der Waals surface area contributed by atoms with Gasteiger partial charge in [-0.3, -0.25) is 4.90 Å². The van der Waals surface area contributed by atoms with Gasteiger partial charge in [0.1, 0.15) is 0 Å². The van der Waals surface area contributed by atoms with Crippen LogP contribution in [0.15, 0.2) is 27.1 Å². The number of hydrogen-bond acceptors (Lipinski definition) is 3. The van der Waals surface area contributed by atoms with E-state index in [1.807, 2.05) is 0 Å². The molecule has 1 saturated heterocycles. The zero-order valence-electron chi connectivity index (χ0n) is 11.3. The molecule has 5 heteroatoms. The average molecular weight is 392 g/mol. The molecular formula is C14H20Br2N2O. The Kier molecular flexibility index (Phi) is 5.43. The minimum Gasteiger partial charge on any atom is -0.374 e. The number of rotatable bonds is 3. The van der Waals surface area contributed by atoms with Crippen LogP contribution < -0.4 is 5.73 Å². The third-order valence-corrected chi connectivity index (χ3v) is 5.45. The molecule has 0 saturated carbocycles. The van der Waals surface area contributed by atoms with E-state index in [9.17, 15) is 0 Å². The molecule has 1 aromatic carbocycles. The summed E-state index contributed by atoms with van der Waals surface area (Å²) >= 11 is 7.09. The van der Waals surface area contributed by atoms with Crippen molar-refractivity contribution in [2.24, 2.45) is 5.73 Å². The van der Waals surface area contributed by atoms with E-state index in [2.05, 4.69) is 68.8 Å². The first-order valence-electron chi connectivity index (χ1n) is 6.57. The second-order valence-corrected chi connectivity index (χ2v) is 6.80. The van der Waals surface area contributed by atoms with Crippen LogP contribution in [0.1, 0.15) is 25.5 Å². The van der Waals surface area contributed by atoms with E-state index < -0.39 is 0 Å². The second kappa shape index (κ2) is 6.68. The van der Waals surface area contributed by atoms with Gasteiger partial charge < -0.3 is 10.5 Å². The highest BCUT2D eigenvalue weighted by molar-refractivity contribution is 9.13. The third kappa shape index (κ3) is 3.39. The number of ether oxygens (including phenoxy) is 1. The van der Waals surface area contributed by atoms with Gasteiger partial charge in [-0.15, -0.1) is 0 Å². The Morgan fingerprint density at radius 3 is 2.68 bits per heavy atom. The quantitative estimate of drug-likeness (QED) is 0.858. The summed E-state index contributed by atoms with van der Waals surface area (Å²) in [5.41, 5.74) is 7.14. The summed E-state index contributed by atoms with van der Waals surface area (Å²) in [7, 11) is 0. The molecule has 2 rings (SSSR count). The summed E-state index contributed by atoms with van der Waals surface area (Å²) in [6.45, 7) is 6.70. The van der Waals surface area contributed by atoms with E-state index >= 15 is 0 Å². The molecule has 2 unspecified atom stereocenters. The van der Waals surface area contributed by atoms with Gasteiger partial charge in [-0.2, -0.15) is 0 Å². The number of benzene rings is 1. The number of nitrogens with two attached hydrogens (primary N) is 1. The van der Waals surface area contributed by atoms with Crippen molar-refractivity contribution in [3.8, 4) is 0 Å². The van der Waals surface area contributed by atoms with Gasteiger partial charge in [0, 0.05) is 28.1 Å². The highest BCUT2D eigenvalue weighted by Gasteiger charge is 2.34. The molecule has 0 aliphatic carbocycles. The zero-order valence-corrected chi connectivity index (χ0v) is 14.4. The first-order chi connectivity index (χ1) is 9.04. The molecular weight excluding hydrogens is 372 g/mol. The van der Waals surface area contributed by atoms with Crippen molar-refractivity contribution in [1.29, 1.82) is 0 Å². The summed E-state index contributed by atoms with van der Waals surface area (Å²) < 4.78 is 7.98. The summed E-state index contributed by atoms with van der Waals surface area (Å²) in [5.74, 6) is 0. The monoisotopic (exact) mass is 390 g/mol. The van der Waals surface area contributed by atoms with Crippen molar-refractivity contribution < 1.29 is 4.74 Å². The van der Waals surface area contributed by atoms with Gasteiger partial charge in [0.25, 0.3) is 0 Å². The van der Waals surface area contributed by atoms with Gasteiger partial charge in [0.15, 0.2) is 0 Å². The zero-order chi connectivity index (χ0) is 14.0. The van der Waals surface area contributed by atoms with E-state index in [0.29, 0.717) is 12.6 Å². The Hall–Kier alpha value is 0.0600. The minimum atomic E-state index is 0.0595. The molecule has 0 amide bonds.